The molecule has 2 rings (SSSR count). The van der Waals surface area contributed by atoms with E-state index in [4.69, 9.17) is 4.74 Å². The van der Waals surface area contributed by atoms with Crippen LogP contribution in [0.25, 0.3) is 0 Å². The van der Waals surface area contributed by atoms with E-state index in [-0.39, 0.29) is 24.4 Å². The van der Waals surface area contributed by atoms with E-state index in [0.29, 0.717) is 11.4 Å². The Morgan fingerprint density at radius 1 is 1.43 bits per heavy atom. The third kappa shape index (κ3) is 3.54. The number of amides is 2. The van der Waals surface area contributed by atoms with Gasteiger partial charge in [-0.15, -0.1) is 0 Å². The first-order chi connectivity index (χ1) is 10.0. The minimum atomic E-state index is -0.569. The fourth-order valence-corrected chi connectivity index (χ4v) is 2.49. The molecule has 0 saturated heterocycles. The van der Waals surface area contributed by atoms with Gasteiger partial charge in [0.25, 0.3) is 5.91 Å². The maximum Gasteiger partial charge on any atom is 0.268 e. The van der Waals surface area contributed by atoms with Crippen molar-refractivity contribution in [2.24, 2.45) is 0 Å². The zero-order chi connectivity index (χ0) is 15.4. The molecule has 2 atom stereocenters. The normalized spacial score (nSPS) is 18.7. The monoisotopic (exact) mass is 290 g/mol. The zero-order valence-corrected chi connectivity index (χ0v) is 12.8. The van der Waals surface area contributed by atoms with E-state index in [1.54, 1.807) is 13.0 Å². The van der Waals surface area contributed by atoms with Crippen LogP contribution in [0.2, 0.25) is 0 Å². The van der Waals surface area contributed by atoms with Gasteiger partial charge in [0.15, 0.2) is 6.10 Å². The number of fused-ring (bicyclic) bond motifs is 1. The predicted octanol–water partition coefficient (Wildman–Crippen LogP) is 2.11. The minimum Gasteiger partial charge on any atom is -0.479 e. The summed E-state index contributed by atoms with van der Waals surface area (Å²) in [5.41, 5.74) is 0.652. The van der Waals surface area contributed by atoms with E-state index in [1.165, 1.54) is 4.90 Å². The Morgan fingerprint density at radius 2 is 2.14 bits per heavy atom. The molecule has 0 aromatic heterocycles. The second-order valence-electron chi connectivity index (χ2n) is 5.41. The highest BCUT2D eigenvalue weighted by molar-refractivity contribution is 6.03. The fourth-order valence-electron chi connectivity index (χ4n) is 2.49. The maximum absolute atomic E-state index is 12.3. The lowest BCUT2D eigenvalue weighted by molar-refractivity contribution is -0.128. The van der Waals surface area contributed by atoms with Gasteiger partial charge < -0.3 is 10.1 Å². The van der Waals surface area contributed by atoms with Gasteiger partial charge in [-0.25, -0.2) is 0 Å². The molecule has 0 fully saturated rings. The Bertz CT molecular complexity index is 530. The van der Waals surface area contributed by atoms with Crippen LogP contribution in [-0.2, 0) is 9.59 Å². The fraction of sp³-hybridized carbons (Fsp3) is 0.500. The van der Waals surface area contributed by atoms with Gasteiger partial charge in [-0.1, -0.05) is 25.5 Å². The molecule has 1 heterocycles. The average Bonchev–Trinajstić information content (AvgIpc) is 2.44. The standard InChI is InChI=1S/C16H22N2O3/c1-4-7-11(2)17-15(19)10-18-13-8-5-6-9-14(13)21-12(3)16(18)20/h5-6,8-9,11-12H,4,7,10H2,1-3H3,(H,17,19)/t11-,12+/m1/s1. The van der Waals surface area contributed by atoms with Crippen molar-refractivity contribution >= 4 is 17.5 Å². The summed E-state index contributed by atoms with van der Waals surface area (Å²) in [6, 6.07) is 7.40. The largest absolute Gasteiger partial charge is 0.479 e. The SMILES string of the molecule is CCC[C@@H](C)NC(=O)CN1C(=O)[C@H](C)Oc2ccccc21. The van der Waals surface area contributed by atoms with Crippen LogP contribution < -0.4 is 15.0 Å². The molecule has 0 spiro atoms. The number of hydrogen-bond donors (Lipinski definition) is 1. The van der Waals surface area contributed by atoms with Crippen molar-refractivity contribution in [2.45, 2.75) is 45.8 Å². The molecule has 1 aromatic carbocycles. The number of hydrogen-bond acceptors (Lipinski definition) is 3. The van der Waals surface area contributed by atoms with Crippen LogP contribution in [0.3, 0.4) is 0 Å². The Labute approximate surface area is 125 Å². The van der Waals surface area contributed by atoms with Crippen LogP contribution in [-0.4, -0.2) is 30.5 Å². The van der Waals surface area contributed by atoms with Crippen LogP contribution >= 0.6 is 0 Å². The van der Waals surface area contributed by atoms with E-state index in [2.05, 4.69) is 12.2 Å². The summed E-state index contributed by atoms with van der Waals surface area (Å²) in [5.74, 6) is 0.305. The number of para-hydroxylation sites is 2. The average molecular weight is 290 g/mol. The molecule has 0 bridgehead atoms. The first-order valence-corrected chi connectivity index (χ1v) is 7.39. The van der Waals surface area contributed by atoms with Crippen LogP contribution in [0.4, 0.5) is 5.69 Å². The number of benzene rings is 1. The molecule has 0 unspecified atom stereocenters. The molecular formula is C16H22N2O3. The lowest BCUT2D eigenvalue weighted by atomic mass is 10.1. The zero-order valence-electron chi connectivity index (χ0n) is 12.8. The number of rotatable bonds is 5. The first kappa shape index (κ1) is 15.4. The molecule has 0 radical (unpaired) electrons. The highest BCUT2D eigenvalue weighted by Crippen LogP contribution is 2.33. The molecule has 1 aliphatic heterocycles. The van der Waals surface area contributed by atoms with Crippen LogP contribution in [0.1, 0.15) is 33.6 Å². The van der Waals surface area contributed by atoms with E-state index in [0.717, 1.165) is 12.8 Å². The number of ether oxygens (including phenoxy) is 1. The Kier molecular flexibility index (Phi) is 4.83. The molecule has 0 saturated carbocycles. The van der Waals surface area contributed by atoms with Crippen molar-refractivity contribution in [1.29, 1.82) is 0 Å². The van der Waals surface area contributed by atoms with E-state index in [1.807, 2.05) is 25.1 Å². The van der Waals surface area contributed by atoms with E-state index in [9.17, 15) is 9.59 Å². The minimum absolute atomic E-state index is 0.0254. The predicted molar refractivity (Wildman–Crippen MR) is 81.4 cm³/mol. The maximum atomic E-state index is 12.3. The Hall–Kier alpha value is -2.04. The van der Waals surface area contributed by atoms with Gasteiger partial charge in [0.2, 0.25) is 5.91 Å². The van der Waals surface area contributed by atoms with E-state index >= 15 is 0 Å². The molecule has 1 aliphatic rings. The van der Waals surface area contributed by atoms with Gasteiger partial charge in [-0.2, -0.15) is 0 Å². The summed E-state index contributed by atoms with van der Waals surface area (Å²) < 4.78 is 5.55. The van der Waals surface area contributed by atoms with Gasteiger partial charge in [0.05, 0.1) is 5.69 Å². The van der Waals surface area contributed by atoms with Gasteiger partial charge in [-0.3, -0.25) is 14.5 Å². The molecule has 1 aromatic rings. The van der Waals surface area contributed by atoms with Crippen molar-refractivity contribution in [3.63, 3.8) is 0 Å². The van der Waals surface area contributed by atoms with Gasteiger partial charge in [0.1, 0.15) is 12.3 Å². The molecule has 114 valence electrons. The third-order valence-electron chi connectivity index (χ3n) is 3.50. The smallest absolute Gasteiger partial charge is 0.268 e. The second kappa shape index (κ2) is 6.61. The summed E-state index contributed by atoms with van der Waals surface area (Å²) in [5, 5.41) is 2.92. The summed E-state index contributed by atoms with van der Waals surface area (Å²) in [7, 11) is 0. The lowest BCUT2D eigenvalue weighted by Crippen LogP contribution is -2.49. The van der Waals surface area contributed by atoms with Crippen molar-refractivity contribution in [1.82, 2.24) is 5.32 Å². The first-order valence-electron chi connectivity index (χ1n) is 7.39. The summed E-state index contributed by atoms with van der Waals surface area (Å²) in [6.07, 6.45) is 1.37. The van der Waals surface area contributed by atoms with Crippen molar-refractivity contribution < 1.29 is 14.3 Å². The molecular weight excluding hydrogens is 268 g/mol. The van der Waals surface area contributed by atoms with Crippen LogP contribution in [0.5, 0.6) is 5.75 Å². The molecule has 21 heavy (non-hydrogen) atoms. The number of anilines is 1. The Morgan fingerprint density at radius 3 is 2.86 bits per heavy atom. The van der Waals surface area contributed by atoms with Crippen molar-refractivity contribution in [3.8, 4) is 5.75 Å². The highest BCUT2D eigenvalue weighted by atomic mass is 16.5. The molecule has 2 amide bonds. The summed E-state index contributed by atoms with van der Waals surface area (Å²) in [4.78, 5) is 25.9. The molecule has 0 aliphatic carbocycles. The highest BCUT2D eigenvalue weighted by Gasteiger charge is 2.32. The van der Waals surface area contributed by atoms with Crippen LogP contribution in [0, 0.1) is 0 Å². The van der Waals surface area contributed by atoms with Gasteiger partial charge in [0, 0.05) is 6.04 Å². The molecule has 1 N–H and O–H groups in total. The van der Waals surface area contributed by atoms with Gasteiger partial charge in [-0.05, 0) is 32.4 Å². The van der Waals surface area contributed by atoms with Gasteiger partial charge >= 0.3 is 0 Å². The number of nitrogens with zero attached hydrogens (tertiary/aromatic N) is 1. The topological polar surface area (TPSA) is 58.6 Å². The summed E-state index contributed by atoms with van der Waals surface area (Å²) >= 11 is 0. The van der Waals surface area contributed by atoms with E-state index < -0.39 is 6.10 Å². The summed E-state index contributed by atoms with van der Waals surface area (Å²) in [6.45, 7) is 5.77. The number of carbonyl (C=O) groups excluding carboxylic acids is 2. The quantitative estimate of drug-likeness (QED) is 0.903. The Balaban J connectivity index is 2.11. The number of nitrogens with one attached hydrogen (secondary N) is 1. The third-order valence-corrected chi connectivity index (χ3v) is 3.50. The second-order valence-corrected chi connectivity index (χ2v) is 5.41. The van der Waals surface area contributed by atoms with Crippen molar-refractivity contribution in [3.05, 3.63) is 24.3 Å². The lowest BCUT2D eigenvalue weighted by Gasteiger charge is -2.32. The molecule has 5 heteroatoms. The molecule has 5 nitrogen and oxygen atoms in total. The number of carbonyl (C=O) groups is 2. The van der Waals surface area contributed by atoms with Crippen molar-refractivity contribution in [2.75, 3.05) is 11.4 Å². The van der Waals surface area contributed by atoms with Crippen LogP contribution in [0.15, 0.2) is 24.3 Å².